The van der Waals surface area contributed by atoms with Crippen LogP contribution in [0.4, 0.5) is 11.4 Å². The van der Waals surface area contributed by atoms with Crippen LogP contribution in [0.1, 0.15) is 19.8 Å². The zero-order valence-electron chi connectivity index (χ0n) is 17.9. The monoisotopic (exact) mass is 408 g/mol. The molecule has 2 aromatic rings. The molecule has 7 heteroatoms. The summed E-state index contributed by atoms with van der Waals surface area (Å²) in [5.41, 5.74) is 2.95. The predicted octanol–water partition coefficient (Wildman–Crippen LogP) is 3.56. The third-order valence-corrected chi connectivity index (χ3v) is 4.96. The Balaban J connectivity index is 1.41. The Labute approximate surface area is 179 Å². The number of aromatic nitrogens is 1. The molecule has 1 aromatic carbocycles. The zero-order valence-corrected chi connectivity index (χ0v) is 17.9. The van der Waals surface area contributed by atoms with Crippen molar-refractivity contribution in [3.63, 3.8) is 0 Å². The Kier molecular flexibility index (Phi) is 8.53. The van der Waals surface area contributed by atoms with Crippen molar-refractivity contribution in [3.05, 3.63) is 60.2 Å². The molecule has 1 saturated heterocycles. The van der Waals surface area contributed by atoms with Crippen molar-refractivity contribution in [3.8, 4) is 5.75 Å². The number of hydrogen-bond acceptors (Lipinski definition) is 7. The second-order valence-electron chi connectivity index (χ2n) is 7.24. The predicted molar refractivity (Wildman–Crippen MR) is 124 cm³/mol. The molecule has 7 nitrogen and oxygen atoms in total. The standard InChI is InChI=1S/C23H32N6O/c1-19(23(24-2)28-21-6-5-11-25-17-21)16-26-18-27-20-7-9-22(10-8-20)30-15-14-29-12-3-4-13-29/h5-11,16-17,24,27-28H,3-4,12-15,18H2,1-2H3/b23-19+,26-16-. The maximum absolute atomic E-state index is 5.84. The fourth-order valence-corrected chi connectivity index (χ4v) is 3.29. The topological polar surface area (TPSA) is 73.8 Å². The average Bonchev–Trinajstić information content (AvgIpc) is 3.30. The molecule has 1 aliphatic heterocycles. The minimum absolute atomic E-state index is 0.496. The molecular weight excluding hydrogens is 376 g/mol. The van der Waals surface area contributed by atoms with Crippen molar-refractivity contribution in [1.29, 1.82) is 0 Å². The lowest BCUT2D eigenvalue weighted by Crippen LogP contribution is -2.25. The van der Waals surface area contributed by atoms with Crippen molar-refractivity contribution < 1.29 is 4.74 Å². The summed E-state index contributed by atoms with van der Waals surface area (Å²) in [5, 5.41) is 9.77. The highest BCUT2D eigenvalue weighted by molar-refractivity contribution is 5.79. The number of anilines is 2. The fourth-order valence-electron chi connectivity index (χ4n) is 3.29. The van der Waals surface area contributed by atoms with Crippen LogP contribution in [-0.4, -0.2) is 56.1 Å². The summed E-state index contributed by atoms with van der Waals surface area (Å²) >= 11 is 0. The third kappa shape index (κ3) is 7.08. The molecule has 0 unspecified atom stereocenters. The van der Waals surface area contributed by atoms with Gasteiger partial charge in [-0.25, -0.2) is 0 Å². The van der Waals surface area contributed by atoms with Crippen molar-refractivity contribution in [1.82, 2.24) is 15.2 Å². The molecule has 1 fully saturated rings. The van der Waals surface area contributed by atoms with Crippen molar-refractivity contribution >= 4 is 17.6 Å². The van der Waals surface area contributed by atoms with Crippen LogP contribution in [0, 0.1) is 0 Å². The zero-order chi connectivity index (χ0) is 21.0. The lowest BCUT2D eigenvalue weighted by molar-refractivity contribution is 0.238. The first-order chi connectivity index (χ1) is 14.7. The van der Waals surface area contributed by atoms with Gasteiger partial charge in [0.15, 0.2) is 0 Å². The first kappa shape index (κ1) is 21.6. The van der Waals surface area contributed by atoms with Crippen LogP contribution in [0.15, 0.2) is 65.2 Å². The minimum Gasteiger partial charge on any atom is -0.492 e. The van der Waals surface area contributed by atoms with Gasteiger partial charge in [-0.2, -0.15) is 0 Å². The van der Waals surface area contributed by atoms with Gasteiger partial charge in [0, 0.05) is 37.3 Å². The van der Waals surface area contributed by atoms with Crippen molar-refractivity contribution in [2.75, 3.05) is 50.6 Å². The van der Waals surface area contributed by atoms with Crippen LogP contribution in [0.2, 0.25) is 0 Å². The highest BCUT2D eigenvalue weighted by Crippen LogP contribution is 2.16. The van der Waals surface area contributed by atoms with Gasteiger partial charge in [-0.15, -0.1) is 0 Å². The molecule has 0 atom stereocenters. The van der Waals surface area contributed by atoms with E-state index in [1.54, 1.807) is 12.4 Å². The normalized spacial score (nSPS) is 15.1. The van der Waals surface area contributed by atoms with Gasteiger partial charge >= 0.3 is 0 Å². The van der Waals surface area contributed by atoms with E-state index in [4.69, 9.17) is 4.74 Å². The quantitative estimate of drug-likeness (QED) is 0.494. The van der Waals surface area contributed by atoms with Crippen LogP contribution in [0.25, 0.3) is 0 Å². The molecule has 0 aliphatic carbocycles. The Morgan fingerprint density at radius 2 is 1.97 bits per heavy atom. The lowest BCUT2D eigenvalue weighted by atomic mass is 10.3. The summed E-state index contributed by atoms with van der Waals surface area (Å²) < 4.78 is 5.84. The second-order valence-corrected chi connectivity index (χ2v) is 7.24. The van der Waals surface area contributed by atoms with Gasteiger partial charge in [0.05, 0.1) is 11.9 Å². The van der Waals surface area contributed by atoms with E-state index in [0.29, 0.717) is 6.67 Å². The summed E-state index contributed by atoms with van der Waals surface area (Å²) in [6.45, 7) is 6.66. The van der Waals surface area contributed by atoms with Crippen LogP contribution in [0.5, 0.6) is 5.75 Å². The molecule has 1 aliphatic rings. The van der Waals surface area contributed by atoms with Crippen LogP contribution >= 0.6 is 0 Å². The molecule has 1 aromatic heterocycles. The number of pyridine rings is 1. The Morgan fingerprint density at radius 1 is 1.17 bits per heavy atom. The number of ether oxygens (including phenoxy) is 1. The highest BCUT2D eigenvalue weighted by Gasteiger charge is 2.10. The van der Waals surface area contributed by atoms with Gasteiger partial charge in [0.1, 0.15) is 24.8 Å². The number of benzene rings is 1. The van der Waals surface area contributed by atoms with Gasteiger partial charge in [-0.3, -0.25) is 14.9 Å². The highest BCUT2D eigenvalue weighted by atomic mass is 16.5. The largest absolute Gasteiger partial charge is 0.492 e. The van der Waals surface area contributed by atoms with Gasteiger partial charge in [0.2, 0.25) is 0 Å². The van der Waals surface area contributed by atoms with Gasteiger partial charge in [0.25, 0.3) is 0 Å². The van der Waals surface area contributed by atoms with Crippen LogP contribution in [0.3, 0.4) is 0 Å². The number of nitrogens with zero attached hydrogens (tertiary/aromatic N) is 3. The molecular formula is C23H32N6O. The number of likely N-dealkylation sites (tertiary alicyclic amines) is 1. The summed E-state index contributed by atoms with van der Waals surface area (Å²) in [7, 11) is 1.88. The molecule has 3 rings (SSSR count). The number of rotatable bonds is 11. The molecule has 3 N–H and O–H groups in total. The van der Waals surface area contributed by atoms with Gasteiger partial charge in [-0.1, -0.05) is 0 Å². The van der Waals surface area contributed by atoms with E-state index >= 15 is 0 Å². The van der Waals surface area contributed by atoms with E-state index in [1.807, 2.05) is 56.6 Å². The lowest BCUT2D eigenvalue weighted by Gasteiger charge is -2.15. The molecule has 0 radical (unpaired) electrons. The summed E-state index contributed by atoms with van der Waals surface area (Å²) in [6, 6.07) is 11.9. The fraction of sp³-hybridized carbons (Fsp3) is 0.391. The van der Waals surface area contributed by atoms with Gasteiger partial charge in [-0.05, 0) is 69.3 Å². The second kappa shape index (κ2) is 11.8. The van der Waals surface area contributed by atoms with E-state index in [2.05, 4.69) is 30.8 Å². The van der Waals surface area contributed by atoms with E-state index in [9.17, 15) is 0 Å². The molecule has 2 heterocycles. The Morgan fingerprint density at radius 3 is 2.67 bits per heavy atom. The molecule has 0 bridgehead atoms. The number of hydrogen-bond donors (Lipinski definition) is 3. The van der Waals surface area contributed by atoms with Crippen molar-refractivity contribution in [2.45, 2.75) is 19.8 Å². The Bertz CT molecular complexity index is 813. The summed E-state index contributed by atoms with van der Waals surface area (Å²) in [6.07, 6.45) is 8.01. The van der Waals surface area contributed by atoms with E-state index in [1.165, 1.54) is 25.9 Å². The number of aliphatic imine (C=N–C) groups is 1. The third-order valence-electron chi connectivity index (χ3n) is 4.96. The molecule has 30 heavy (non-hydrogen) atoms. The maximum atomic E-state index is 5.84. The average molecular weight is 409 g/mol. The van der Waals surface area contributed by atoms with Crippen LogP contribution < -0.4 is 20.7 Å². The first-order valence-electron chi connectivity index (χ1n) is 10.5. The molecule has 0 saturated carbocycles. The SMILES string of the molecule is CN/C(Nc1cccnc1)=C(C)\C=N/CNc1ccc(OCCN2CCCC2)cc1. The summed E-state index contributed by atoms with van der Waals surface area (Å²) in [5.74, 6) is 1.80. The summed E-state index contributed by atoms with van der Waals surface area (Å²) in [4.78, 5) is 11.0. The van der Waals surface area contributed by atoms with E-state index in [-0.39, 0.29) is 0 Å². The minimum atomic E-state index is 0.496. The number of allylic oxidation sites excluding steroid dienone is 1. The van der Waals surface area contributed by atoms with Gasteiger partial charge < -0.3 is 20.7 Å². The first-order valence-corrected chi connectivity index (χ1v) is 10.5. The van der Waals surface area contributed by atoms with Crippen LogP contribution in [-0.2, 0) is 0 Å². The van der Waals surface area contributed by atoms with Crippen molar-refractivity contribution in [2.24, 2.45) is 4.99 Å². The molecule has 0 spiro atoms. The molecule has 160 valence electrons. The number of nitrogens with one attached hydrogen (secondary N) is 3. The molecule has 0 amide bonds. The van der Waals surface area contributed by atoms with E-state index < -0.39 is 0 Å². The van der Waals surface area contributed by atoms with E-state index in [0.717, 1.165) is 41.7 Å². The maximum Gasteiger partial charge on any atom is 0.119 e. The Hall–Kier alpha value is -3.06. The smallest absolute Gasteiger partial charge is 0.119 e.